The molecule has 110 valence electrons. The van der Waals surface area contributed by atoms with E-state index in [1.165, 1.54) is 30.5 Å². The topological polar surface area (TPSA) is 41.1 Å². The molecule has 0 saturated carbocycles. The van der Waals surface area contributed by atoms with Crippen LogP contribution in [-0.2, 0) is 6.42 Å². The minimum Gasteiger partial charge on any atom is -0.341 e. The van der Waals surface area contributed by atoms with Crippen molar-refractivity contribution in [3.63, 3.8) is 0 Å². The minimum atomic E-state index is 0.316. The lowest BCUT2D eigenvalue weighted by molar-refractivity contribution is 0.255. The lowest BCUT2D eigenvalue weighted by atomic mass is 9.74. The van der Waals surface area contributed by atoms with E-state index in [4.69, 9.17) is 4.98 Å². The number of fused-ring (bicyclic) bond motifs is 1. The average Bonchev–Trinajstić information content (AvgIpc) is 2.90. The van der Waals surface area contributed by atoms with E-state index in [1.807, 2.05) is 0 Å². The highest BCUT2D eigenvalue weighted by Gasteiger charge is 2.33. The van der Waals surface area contributed by atoms with Crippen molar-refractivity contribution in [2.75, 3.05) is 24.5 Å². The summed E-state index contributed by atoms with van der Waals surface area (Å²) in [5, 5.41) is 3.59. The predicted octanol–water partition coefficient (Wildman–Crippen LogP) is 2.70. The molecule has 4 nitrogen and oxygen atoms in total. The van der Waals surface area contributed by atoms with Crippen molar-refractivity contribution in [3.8, 4) is 0 Å². The maximum atomic E-state index is 4.90. The third-order valence-electron chi connectivity index (χ3n) is 4.50. The molecule has 0 bridgehead atoms. The molecule has 1 aromatic rings. The van der Waals surface area contributed by atoms with Gasteiger partial charge in [-0.25, -0.2) is 9.97 Å². The van der Waals surface area contributed by atoms with Crippen molar-refractivity contribution in [3.05, 3.63) is 17.5 Å². The zero-order valence-corrected chi connectivity index (χ0v) is 12.9. The first-order chi connectivity index (χ1) is 9.59. The molecule has 2 heterocycles. The van der Waals surface area contributed by atoms with Crippen molar-refractivity contribution < 1.29 is 0 Å². The van der Waals surface area contributed by atoms with Gasteiger partial charge in [-0.3, -0.25) is 0 Å². The van der Waals surface area contributed by atoms with Gasteiger partial charge in [-0.05, 0) is 37.6 Å². The minimum absolute atomic E-state index is 0.316. The van der Waals surface area contributed by atoms with Crippen LogP contribution in [0.15, 0.2) is 6.20 Å². The normalized spacial score (nSPS) is 24.8. The smallest absolute Gasteiger partial charge is 0.225 e. The van der Waals surface area contributed by atoms with Crippen LogP contribution in [0.3, 0.4) is 0 Å². The molecule has 2 aliphatic rings. The fraction of sp³-hybridized carbons (Fsp3) is 0.750. The third-order valence-corrected chi connectivity index (χ3v) is 4.50. The zero-order valence-electron chi connectivity index (χ0n) is 12.9. The molecule has 1 aromatic heterocycles. The Kier molecular flexibility index (Phi) is 3.67. The van der Waals surface area contributed by atoms with Gasteiger partial charge < -0.3 is 10.2 Å². The molecule has 1 aliphatic carbocycles. The van der Waals surface area contributed by atoms with Crippen molar-refractivity contribution in [2.45, 2.75) is 52.5 Å². The molecular weight excluding hydrogens is 248 g/mol. The molecule has 4 heteroatoms. The van der Waals surface area contributed by atoms with E-state index in [0.29, 0.717) is 11.5 Å². The molecule has 0 aromatic carbocycles. The molecule has 3 rings (SSSR count). The summed E-state index contributed by atoms with van der Waals surface area (Å²) in [6, 6.07) is 0.409. The predicted molar refractivity (Wildman–Crippen MR) is 82.0 cm³/mol. The van der Waals surface area contributed by atoms with Crippen LogP contribution in [0.1, 0.15) is 57.3 Å². The van der Waals surface area contributed by atoms with Crippen LogP contribution < -0.4 is 10.2 Å². The summed E-state index contributed by atoms with van der Waals surface area (Å²) < 4.78 is 0. The van der Waals surface area contributed by atoms with Crippen LogP contribution in [-0.4, -0.2) is 29.6 Å². The second-order valence-corrected chi connectivity index (χ2v) is 6.92. The number of aromatic nitrogens is 2. The van der Waals surface area contributed by atoms with E-state index in [2.05, 4.69) is 42.2 Å². The second-order valence-electron chi connectivity index (χ2n) is 6.92. The largest absolute Gasteiger partial charge is 0.341 e. The van der Waals surface area contributed by atoms with Crippen LogP contribution in [0.25, 0.3) is 0 Å². The third kappa shape index (κ3) is 2.66. The van der Waals surface area contributed by atoms with Crippen molar-refractivity contribution in [1.29, 1.82) is 0 Å². The number of hydrogen-bond donors (Lipinski definition) is 1. The Morgan fingerprint density at radius 2 is 2.10 bits per heavy atom. The maximum absolute atomic E-state index is 4.90. The van der Waals surface area contributed by atoms with Gasteiger partial charge in [0.25, 0.3) is 0 Å². The Bertz CT molecular complexity index is 477. The summed E-state index contributed by atoms with van der Waals surface area (Å²) in [5.74, 6) is 0.939. The Balaban J connectivity index is 1.92. The summed E-state index contributed by atoms with van der Waals surface area (Å²) in [7, 11) is 0. The van der Waals surface area contributed by atoms with Gasteiger partial charge in [-0.1, -0.05) is 20.8 Å². The summed E-state index contributed by atoms with van der Waals surface area (Å²) in [4.78, 5) is 11.9. The zero-order chi connectivity index (χ0) is 14.2. The molecular formula is C16H26N4. The van der Waals surface area contributed by atoms with Gasteiger partial charge in [0.1, 0.15) is 0 Å². The highest BCUT2D eigenvalue weighted by Crippen LogP contribution is 2.40. The molecule has 1 atom stereocenters. The molecule has 1 aliphatic heterocycles. The lowest BCUT2D eigenvalue weighted by Gasteiger charge is -2.36. The molecule has 1 fully saturated rings. The number of anilines is 1. The summed E-state index contributed by atoms with van der Waals surface area (Å²) in [6.45, 7) is 10.1. The van der Waals surface area contributed by atoms with Gasteiger partial charge in [-0.15, -0.1) is 0 Å². The molecule has 20 heavy (non-hydrogen) atoms. The van der Waals surface area contributed by atoms with E-state index >= 15 is 0 Å². The molecule has 1 N–H and O–H groups in total. The quantitative estimate of drug-likeness (QED) is 0.920. The first-order valence-corrected chi connectivity index (χ1v) is 7.93. The van der Waals surface area contributed by atoms with Crippen LogP contribution in [0.4, 0.5) is 5.95 Å². The van der Waals surface area contributed by atoms with Gasteiger partial charge in [-0.2, -0.15) is 0 Å². The Morgan fingerprint density at radius 1 is 1.35 bits per heavy atom. The van der Waals surface area contributed by atoms with Crippen LogP contribution in [0.2, 0.25) is 0 Å². The summed E-state index contributed by atoms with van der Waals surface area (Å²) in [5.41, 5.74) is 2.88. The second kappa shape index (κ2) is 5.32. The highest BCUT2D eigenvalue weighted by atomic mass is 15.3. The van der Waals surface area contributed by atoms with Crippen LogP contribution in [0.5, 0.6) is 0 Å². The summed E-state index contributed by atoms with van der Waals surface area (Å²) >= 11 is 0. The molecule has 0 amide bonds. The SMILES string of the molecule is CCNC1CC(C)(C)Cc2nc(N3CCCC3)ncc21. The highest BCUT2D eigenvalue weighted by molar-refractivity contribution is 5.37. The van der Waals surface area contributed by atoms with Gasteiger partial charge >= 0.3 is 0 Å². The Morgan fingerprint density at radius 3 is 2.80 bits per heavy atom. The molecule has 1 saturated heterocycles. The molecule has 1 unspecified atom stereocenters. The fourth-order valence-electron chi connectivity index (χ4n) is 3.53. The maximum Gasteiger partial charge on any atom is 0.225 e. The van der Waals surface area contributed by atoms with E-state index in [-0.39, 0.29) is 0 Å². The van der Waals surface area contributed by atoms with E-state index in [1.54, 1.807) is 0 Å². The molecule has 0 radical (unpaired) electrons. The van der Waals surface area contributed by atoms with Crippen LogP contribution >= 0.6 is 0 Å². The Labute approximate surface area is 122 Å². The Hall–Kier alpha value is -1.16. The number of rotatable bonds is 3. The van der Waals surface area contributed by atoms with Gasteiger partial charge in [0.15, 0.2) is 0 Å². The van der Waals surface area contributed by atoms with E-state index in [9.17, 15) is 0 Å². The first kappa shape index (κ1) is 13.8. The number of nitrogens with one attached hydrogen (secondary N) is 1. The van der Waals surface area contributed by atoms with E-state index < -0.39 is 0 Å². The van der Waals surface area contributed by atoms with Gasteiger partial charge in [0.05, 0.1) is 5.69 Å². The fourth-order valence-corrected chi connectivity index (χ4v) is 3.53. The number of hydrogen-bond acceptors (Lipinski definition) is 4. The number of nitrogens with zero attached hydrogens (tertiary/aromatic N) is 3. The van der Waals surface area contributed by atoms with Crippen molar-refractivity contribution in [1.82, 2.24) is 15.3 Å². The van der Waals surface area contributed by atoms with Gasteiger partial charge in [0, 0.05) is 30.9 Å². The standard InChI is InChI=1S/C16H26N4/c1-4-17-13-9-16(2,3)10-14-12(13)11-18-15(19-14)20-7-5-6-8-20/h11,13,17H,4-10H2,1-3H3. The van der Waals surface area contributed by atoms with Gasteiger partial charge in [0.2, 0.25) is 5.95 Å². The molecule has 0 spiro atoms. The average molecular weight is 274 g/mol. The van der Waals surface area contributed by atoms with Crippen molar-refractivity contribution in [2.24, 2.45) is 5.41 Å². The first-order valence-electron chi connectivity index (χ1n) is 7.93. The summed E-state index contributed by atoms with van der Waals surface area (Å²) in [6.07, 6.45) is 6.84. The van der Waals surface area contributed by atoms with Crippen LogP contribution in [0, 0.1) is 5.41 Å². The van der Waals surface area contributed by atoms with Crippen molar-refractivity contribution >= 4 is 5.95 Å². The van der Waals surface area contributed by atoms with E-state index in [0.717, 1.165) is 32.0 Å². The monoisotopic (exact) mass is 274 g/mol. The lowest BCUT2D eigenvalue weighted by Crippen LogP contribution is -2.34.